The predicted octanol–water partition coefficient (Wildman–Crippen LogP) is 15.7. The molecule has 0 N–H and O–H groups in total. The minimum Gasteiger partial charge on any atom is -0.436 e. The van der Waals surface area contributed by atoms with E-state index < -0.39 is 0 Å². The van der Waals surface area contributed by atoms with Crippen molar-refractivity contribution in [1.29, 1.82) is 0 Å². The monoisotopic (exact) mass is 779 g/mol. The first-order chi connectivity index (χ1) is 30.1. The molecule has 0 amide bonds. The Morgan fingerprint density at radius 2 is 0.705 bits per heavy atom. The first kappa shape index (κ1) is 33.7. The number of aromatic nitrogens is 2. The van der Waals surface area contributed by atoms with Crippen LogP contribution in [0, 0.1) is 0 Å². The Bertz CT molecular complexity index is 3690. The van der Waals surface area contributed by atoms with Crippen LogP contribution in [0.25, 0.3) is 110 Å². The fraction of sp³-hybridized carbons (Fsp3) is 0. The van der Waals surface area contributed by atoms with Gasteiger partial charge >= 0.3 is 0 Å². The van der Waals surface area contributed by atoms with Gasteiger partial charge in [0, 0.05) is 28.2 Å². The SMILES string of the molecule is c1ccc2cc3cc(N(c4ccc(-c5nc6cc7c(ccc8ccccc87)cc6o5)cc4)c4ccc(-c5nc6cc7c(ccc8ccccc87)cc6o5)cc4)ccc3cc2c1. The zero-order valence-corrected chi connectivity index (χ0v) is 32.7. The number of hydrogen-bond donors (Lipinski definition) is 0. The van der Waals surface area contributed by atoms with Gasteiger partial charge in [-0.05, 0) is 162 Å². The highest BCUT2D eigenvalue weighted by atomic mass is 16.4. The highest BCUT2D eigenvalue weighted by Gasteiger charge is 2.18. The third-order valence-electron chi connectivity index (χ3n) is 12.2. The van der Waals surface area contributed by atoms with Gasteiger partial charge in [0.25, 0.3) is 0 Å². The molecule has 0 atom stereocenters. The summed E-state index contributed by atoms with van der Waals surface area (Å²) in [4.78, 5) is 12.2. The summed E-state index contributed by atoms with van der Waals surface area (Å²) in [6.45, 7) is 0. The van der Waals surface area contributed by atoms with Crippen LogP contribution in [-0.2, 0) is 0 Å². The molecule has 0 radical (unpaired) electrons. The highest BCUT2D eigenvalue weighted by Crippen LogP contribution is 2.40. The van der Waals surface area contributed by atoms with E-state index in [2.05, 4.69) is 205 Å². The van der Waals surface area contributed by atoms with E-state index in [4.69, 9.17) is 18.8 Å². The summed E-state index contributed by atoms with van der Waals surface area (Å²) < 4.78 is 12.8. The molecule has 0 aliphatic heterocycles. The predicted molar refractivity (Wildman–Crippen MR) is 252 cm³/mol. The van der Waals surface area contributed by atoms with E-state index in [0.717, 1.165) is 61.2 Å². The number of anilines is 3. The second kappa shape index (κ2) is 13.1. The van der Waals surface area contributed by atoms with Crippen molar-refractivity contribution in [2.24, 2.45) is 0 Å². The number of rotatable bonds is 5. The minimum atomic E-state index is 0.592. The molecule has 0 aliphatic rings. The smallest absolute Gasteiger partial charge is 0.227 e. The van der Waals surface area contributed by atoms with E-state index in [-0.39, 0.29) is 0 Å². The molecule has 0 saturated heterocycles. The summed E-state index contributed by atoms with van der Waals surface area (Å²) >= 11 is 0. The molecule has 284 valence electrons. The molecule has 2 heterocycles. The average molecular weight is 780 g/mol. The molecule has 0 aliphatic carbocycles. The van der Waals surface area contributed by atoms with Crippen molar-refractivity contribution in [3.05, 3.63) is 200 Å². The van der Waals surface area contributed by atoms with Gasteiger partial charge < -0.3 is 13.7 Å². The van der Waals surface area contributed by atoms with Gasteiger partial charge in [0.05, 0.1) is 0 Å². The van der Waals surface area contributed by atoms with E-state index in [9.17, 15) is 0 Å². The maximum absolute atomic E-state index is 6.41. The van der Waals surface area contributed by atoms with Gasteiger partial charge in [-0.15, -0.1) is 0 Å². The third kappa shape index (κ3) is 5.55. The molecule has 11 aromatic carbocycles. The third-order valence-corrected chi connectivity index (χ3v) is 12.2. The van der Waals surface area contributed by atoms with Crippen molar-refractivity contribution >= 4 is 104 Å². The Morgan fingerprint density at radius 1 is 0.295 bits per heavy atom. The van der Waals surface area contributed by atoms with Gasteiger partial charge in [0.15, 0.2) is 11.2 Å². The van der Waals surface area contributed by atoms with Crippen LogP contribution in [0.3, 0.4) is 0 Å². The second-order valence-electron chi connectivity index (χ2n) is 15.9. The van der Waals surface area contributed by atoms with Crippen LogP contribution in [0.2, 0.25) is 0 Å². The van der Waals surface area contributed by atoms with Gasteiger partial charge in [-0.25, -0.2) is 9.97 Å². The van der Waals surface area contributed by atoms with Gasteiger partial charge in [-0.1, -0.05) is 103 Å². The molecule has 13 rings (SSSR count). The zero-order valence-electron chi connectivity index (χ0n) is 32.7. The Kier molecular flexibility index (Phi) is 7.24. The van der Waals surface area contributed by atoms with Crippen molar-refractivity contribution in [2.45, 2.75) is 0 Å². The molecule has 0 unspecified atom stereocenters. The summed E-state index contributed by atoms with van der Waals surface area (Å²) in [7, 11) is 0. The lowest BCUT2D eigenvalue weighted by Crippen LogP contribution is -2.09. The second-order valence-corrected chi connectivity index (χ2v) is 15.9. The molecule has 0 fully saturated rings. The van der Waals surface area contributed by atoms with Crippen LogP contribution in [0.15, 0.2) is 209 Å². The van der Waals surface area contributed by atoms with E-state index in [1.54, 1.807) is 0 Å². The fourth-order valence-electron chi connectivity index (χ4n) is 9.12. The quantitative estimate of drug-likeness (QED) is 0.129. The molecular weight excluding hydrogens is 747 g/mol. The average Bonchev–Trinajstić information content (AvgIpc) is 3.94. The summed E-state index contributed by atoms with van der Waals surface area (Å²) in [5.41, 5.74) is 8.10. The van der Waals surface area contributed by atoms with Crippen molar-refractivity contribution in [2.75, 3.05) is 4.90 Å². The fourth-order valence-corrected chi connectivity index (χ4v) is 9.12. The Morgan fingerprint density at radius 3 is 1.23 bits per heavy atom. The molecule has 0 bridgehead atoms. The van der Waals surface area contributed by atoms with E-state index in [1.807, 2.05) is 0 Å². The standard InChI is InChI=1S/C56H33N3O2/c1-2-10-39-28-43-29-46(26-21-40(43)27-38(39)9-1)59(44-22-17-36(18-23-44)55-57-51-32-49-41(30-53(51)60-55)15-13-34-7-3-5-11-47(34)49)45-24-19-37(20-25-45)56-58-52-33-50-42(31-54(52)61-56)16-14-35-8-4-6-12-48(35)50/h1-33H. The Balaban J connectivity index is 0.891. The Hall–Kier alpha value is -8.28. The first-order valence-corrected chi connectivity index (χ1v) is 20.5. The topological polar surface area (TPSA) is 55.3 Å². The first-order valence-electron chi connectivity index (χ1n) is 20.5. The maximum atomic E-state index is 6.41. The summed E-state index contributed by atoms with van der Waals surface area (Å²) in [6, 6.07) is 70.7. The number of nitrogens with zero attached hydrogens (tertiary/aromatic N) is 3. The minimum absolute atomic E-state index is 0.592. The van der Waals surface area contributed by atoms with Crippen LogP contribution in [-0.4, -0.2) is 9.97 Å². The van der Waals surface area contributed by atoms with Crippen LogP contribution in [0.5, 0.6) is 0 Å². The molecular formula is C56H33N3O2. The van der Waals surface area contributed by atoms with Crippen molar-refractivity contribution in [3.63, 3.8) is 0 Å². The van der Waals surface area contributed by atoms with Crippen LogP contribution >= 0.6 is 0 Å². The maximum Gasteiger partial charge on any atom is 0.227 e. The largest absolute Gasteiger partial charge is 0.436 e. The molecule has 61 heavy (non-hydrogen) atoms. The van der Waals surface area contributed by atoms with Crippen LogP contribution < -0.4 is 4.90 Å². The summed E-state index contributed by atoms with van der Waals surface area (Å²) in [5, 5.41) is 14.3. The molecule has 13 aromatic rings. The lowest BCUT2D eigenvalue weighted by molar-refractivity contribution is 0.620. The number of oxazole rings is 2. The lowest BCUT2D eigenvalue weighted by Gasteiger charge is -2.26. The van der Waals surface area contributed by atoms with E-state index in [0.29, 0.717) is 11.8 Å². The highest BCUT2D eigenvalue weighted by molar-refractivity contribution is 6.12. The number of hydrogen-bond acceptors (Lipinski definition) is 5. The lowest BCUT2D eigenvalue weighted by atomic mass is 10.0. The molecule has 0 saturated carbocycles. The number of benzene rings is 11. The van der Waals surface area contributed by atoms with Gasteiger partial charge in [-0.2, -0.15) is 0 Å². The van der Waals surface area contributed by atoms with E-state index in [1.165, 1.54) is 53.9 Å². The van der Waals surface area contributed by atoms with Crippen LogP contribution in [0.4, 0.5) is 17.1 Å². The number of fused-ring (bicyclic) bond motifs is 10. The van der Waals surface area contributed by atoms with Gasteiger partial charge in [-0.3, -0.25) is 0 Å². The summed E-state index contributed by atoms with van der Waals surface area (Å²) in [5.74, 6) is 1.18. The molecule has 5 heteroatoms. The van der Waals surface area contributed by atoms with Crippen molar-refractivity contribution in [3.8, 4) is 22.9 Å². The van der Waals surface area contributed by atoms with Crippen molar-refractivity contribution in [1.82, 2.24) is 9.97 Å². The van der Waals surface area contributed by atoms with Gasteiger partial charge in [0.1, 0.15) is 11.0 Å². The molecule has 0 spiro atoms. The normalized spacial score (nSPS) is 11.9. The Labute approximate surface area is 349 Å². The molecule has 5 nitrogen and oxygen atoms in total. The molecule has 2 aromatic heterocycles. The van der Waals surface area contributed by atoms with Gasteiger partial charge in [0.2, 0.25) is 11.8 Å². The van der Waals surface area contributed by atoms with Crippen LogP contribution in [0.1, 0.15) is 0 Å². The summed E-state index contributed by atoms with van der Waals surface area (Å²) in [6.07, 6.45) is 0. The van der Waals surface area contributed by atoms with Crippen molar-refractivity contribution < 1.29 is 8.83 Å². The zero-order chi connectivity index (χ0) is 40.0. The van der Waals surface area contributed by atoms with E-state index >= 15 is 0 Å².